The zero-order chi connectivity index (χ0) is 16.1. The van der Waals surface area contributed by atoms with Crippen LogP contribution in [0.4, 0.5) is 0 Å². The number of rotatable bonds is 2. The van der Waals surface area contributed by atoms with Gasteiger partial charge in [0.1, 0.15) is 12.2 Å². The first-order valence-corrected chi connectivity index (χ1v) is 8.18. The topological polar surface area (TPSA) is 62.3 Å². The number of hydrogen-bond acceptors (Lipinski definition) is 5. The third-order valence-electron chi connectivity index (χ3n) is 5.31. The molecule has 0 saturated carbocycles. The van der Waals surface area contributed by atoms with Gasteiger partial charge in [0.05, 0.1) is 17.6 Å². The van der Waals surface area contributed by atoms with Gasteiger partial charge in [-0.2, -0.15) is 0 Å². The molecule has 6 atom stereocenters. The molecule has 0 aromatic rings. The van der Waals surface area contributed by atoms with E-state index in [2.05, 4.69) is 13.0 Å². The molecule has 0 amide bonds. The lowest BCUT2D eigenvalue weighted by molar-refractivity contribution is -0.145. The molecule has 0 bridgehead atoms. The maximum Gasteiger partial charge on any atom is 0.311 e. The van der Waals surface area contributed by atoms with E-state index in [9.17, 15) is 9.90 Å². The molecule has 3 aliphatic rings. The average Bonchev–Trinajstić information content (AvgIpc) is 2.96. The van der Waals surface area contributed by atoms with Gasteiger partial charge in [0.15, 0.2) is 0 Å². The highest BCUT2D eigenvalue weighted by Gasteiger charge is 2.64. The summed E-state index contributed by atoms with van der Waals surface area (Å²) in [6.07, 6.45) is 3.71. The number of epoxide rings is 1. The summed E-state index contributed by atoms with van der Waals surface area (Å²) in [6, 6.07) is 0. The van der Waals surface area contributed by atoms with Crippen molar-refractivity contribution in [2.75, 3.05) is 20.6 Å². The SMILES string of the molecule is C/C1=C\CC[C@@]2(C)O[C@@H]2[C@H]2OC(=O)[C@@H](CN(C)C)[C@H]2[C@@H](O)C1.I. The van der Waals surface area contributed by atoms with Crippen molar-refractivity contribution in [1.82, 2.24) is 4.90 Å². The highest BCUT2D eigenvalue weighted by molar-refractivity contribution is 14.0. The van der Waals surface area contributed by atoms with Gasteiger partial charge in [-0.1, -0.05) is 11.6 Å². The lowest BCUT2D eigenvalue weighted by atomic mass is 9.79. The lowest BCUT2D eigenvalue weighted by Crippen LogP contribution is -2.41. The van der Waals surface area contributed by atoms with E-state index in [1.54, 1.807) is 0 Å². The summed E-state index contributed by atoms with van der Waals surface area (Å²) in [5, 5.41) is 10.7. The van der Waals surface area contributed by atoms with Gasteiger partial charge in [-0.15, -0.1) is 24.0 Å². The molecule has 2 heterocycles. The number of ether oxygens (including phenoxy) is 2. The molecule has 6 heteroatoms. The number of esters is 1. The van der Waals surface area contributed by atoms with Gasteiger partial charge in [-0.05, 0) is 47.2 Å². The Kier molecular flexibility index (Phi) is 5.81. The van der Waals surface area contributed by atoms with Gasteiger partial charge in [0.25, 0.3) is 0 Å². The zero-order valence-electron chi connectivity index (χ0n) is 14.3. The molecule has 132 valence electrons. The summed E-state index contributed by atoms with van der Waals surface area (Å²) in [6.45, 7) is 4.73. The van der Waals surface area contributed by atoms with Gasteiger partial charge in [-0.25, -0.2) is 0 Å². The minimum Gasteiger partial charge on any atom is -0.459 e. The minimum atomic E-state index is -0.566. The third kappa shape index (κ3) is 3.75. The molecule has 3 rings (SSSR count). The number of nitrogens with zero attached hydrogens (tertiary/aromatic N) is 1. The molecule has 0 radical (unpaired) electrons. The quantitative estimate of drug-likeness (QED) is 0.310. The van der Waals surface area contributed by atoms with Crippen LogP contribution in [0.3, 0.4) is 0 Å². The average molecular weight is 437 g/mol. The van der Waals surface area contributed by atoms with E-state index in [1.165, 1.54) is 5.57 Å². The molecule has 0 aromatic carbocycles. The van der Waals surface area contributed by atoms with Crippen molar-refractivity contribution >= 4 is 29.9 Å². The molecule has 0 unspecified atom stereocenters. The van der Waals surface area contributed by atoms with E-state index in [0.29, 0.717) is 13.0 Å². The van der Waals surface area contributed by atoms with Gasteiger partial charge in [0.2, 0.25) is 0 Å². The molecule has 1 aliphatic carbocycles. The van der Waals surface area contributed by atoms with Crippen molar-refractivity contribution in [3.05, 3.63) is 11.6 Å². The minimum absolute atomic E-state index is 0. The molecular weight excluding hydrogens is 409 g/mol. The molecule has 2 saturated heterocycles. The van der Waals surface area contributed by atoms with Crippen LogP contribution in [0.1, 0.15) is 33.1 Å². The van der Waals surface area contributed by atoms with Gasteiger partial charge >= 0.3 is 5.97 Å². The highest BCUT2D eigenvalue weighted by Crippen LogP contribution is 2.50. The van der Waals surface area contributed by atoms with E-state index >= 15 is 0 Å². The lowest BCUT2D eigenvalue weighted by Gasteiger charge is -2.28. The Hall–Kier alpha value is -0.180. The number of aliphatic hydroxyl groups is 1. The highest BCUT2D eigenvalue weighted by atomic mass is 127. The van der Waals surface area contributed by atoms with Gasteiger partial charge in [-0.3, -0.25) is 4.79 Å². The van der Waals surface area contributed by atoms with Crippen LogP contribution in [-0.4, -0.2) is 60.5 Å². The number of allylic oxidation sites excluding steroid dienone is 1. The van der Waals surface area contributed by atoms with E-state index in [-0.39, 0.29) is 59.6 Å². The second-order valence-electron chi connectivity index (χ2n) is 7.56. The predicted octanol–water partition coefficient (Wildman–Crippen LogP) is 1.97. The van der Waals surface area contributed by atoms with Gasteiger partial charge < -0.3 is 19.5 Å². The smallest absolute Gasteiger partial charge is 0.311 e. The maximum absolute atomic E-state index is 12.3. The molecular formula is C17H28INO4. The first-order chi connectivity index (χ1) is 10.3. The summed E-state index contributed by atoms with van der Waals surface area (Å²) < 4.78 is 11.6. The van der Waals surface area contributed by atoms with Crippen LogP contribution >= 0.6 is 24.0 Å². The maximum atomic E-state index is 12.3. The van der Waals surface area contributed by atoms with Gasteiger partial charge in [0, 0.05) is 12.5 Å². The van der Waals surface area contributed by atoms with Crippen molar-refractivity contribution in [1.29, 1.82) is 0 Å². The zero-order valence-corrected chi connectivity index (χ0v) is 16.7. The Morgan fingerprint density at radius 3 is 2.78 bits per heavy atom. The van der Waals surface area contributed by atoms with Crippen LogP contribution in [-0.2, 0) is 14.3 Å². The van der Waals surface area contributed by atoms with Crippen LogP contribution in [0.15, 0.2) is 11.6 Å². The fraction of sp³-hybridized carbons (Fsp3) is 0.824. The number of carbonyl (C=O) groups excluding carboxylic acids is 1. The summed E-state index contributed by atoms with van der Waals surface area (Å²) in [7, 11) is 3.88. The molecule has 2 fully saturated rings. The van der Waals surface area contributed by atoms with E-state index < -0.39 is 6.10 Å². The Balaban J connectivity index is 0.00000192. The molecule has 23 heavy (non-hydrogen) atoms. The molecule has 0 aromatic heterocycles. The van der Waals surface area contributed by atoms with Crippen LogP contribution < -0.4 is 0 Å². The van der Waals surface area contributed by atoms with E-state index in [0.717, 1.165) is 12.8 Å². The standard InChI is InChI=1S/C17H27NO4.HI/c1-10-6-5-7-17(2)15(22-17)14-13(12(19)8-10)11(9-18(3)4)16(20)21-14;/h6,11-15,19H,5,7-9H2,1-4H3;1H/b10-6+;/t11-,12-,13-,14-,15+,17+;/m0./s1. The van der Waals surface area contributed by atoms with Crippen molar-refractivity contribution in [3.8, 4) is 0 Å². The van der Waals surface area contributed by atoms with Crippen molar-refractivity contribution in [2.24, 2.45) is 11.8 Å². The first kappa shape index (κ1) is 19.1. The number of fused-ring (bicyclic) bond motifs is 3. The molecule has 0 spiro atoms. The Morgan fingerprint density at radius 2 is 2.13 bits per heavy atom. The van der Waals surface area contributed by atoms with Crippen LogP contribution in [0.25, 0.3) is 0 Å². The summed E-state index contributed by atoms with van der Waals surface area (Å²) in [5.74, 6) is -0.666. The summed E-state index contributed by atoms with van der Waals surface area (Å²) in [4.78, 5) is 14.3. The number of hydrogen-bond donors (Lipinski definition) is 1. The van der Waals surface area contributed by atoms with Crippen molar-refractivity contribution in [2.45, 2.75) is 57.0 Å². The Bertz CT molecular complexity index is 495. The van der Waals surface area contributed by atoms with Crippen molar-refractivity contribution < 1.29 is 19.4 Å². The second-order valence-corrected chi connectivity index (χ2v) is 7.56. The fourth-order valence-electron chi connectivity index (χ4n) is 4.05. The molecule has 2 aliphatic heterocycles. The predicted molar refractivity (Wildman–Crippen MR) is 97.7 cm³/mol. The first-order valence-electron chi connectivity index (χ1n) is 8.18. The normalized spacial score (nSPS) is 45.2. The molecule has 1 N–H and O–H groups in total. The number of carbonyl (C=O) groups is 1. The van der Waals surface area contributed by atoms with Crippen LogP contribution in [0, 0.1) is 11.8 Å². The third-order valence-corrected chi connectivity index (χ3v) is 5.31. The monoisotopic (exact) mass is 437 g/mol. The number of halogens is 1. The second kappa shape index (κ2) is 6.98. The van der Waals surface area contributed by atoms with Crippen LogP contribution in [0.5, 0.6) is 0 Å². The van der Waals surface area contributed by atoms with Crippen molar-refractivity contribution in [3.63, 3.8) is 0 Å². The Labute approximate surface area is 155 Å². The summed E-state index contributed by atoms with van der Waals surface area (Å²) >= 11 is 0. The Morgan fingerprint density at radius 1 is 1.43 bits per heavy atom. The van der Waals surface area contributed by atoms with E-state index in [1.807, 2.05) is 25.9 Å². The van der Waals surface area contributed by atoms with Crippen LogP contribution in [0.2, 0.25) is 0 Å². The van der Waals surface area contributed by atoms with E-state index in [4.69, 9.17) is 9.47 Å². The fourth-order valence-corrected chi connectivity index (χ4v) is 4.05. The largest absolute Gasteiger partial charge is 0.459 e. The number of aliphatic hydroxyl groups excluding tert-OH is 1. The summed E-state index contributed by atoms with van der Waals surface area (Å²) in [5.41, 5.74) is 0.959. The molecule has 5 nitrogen and oxygen atoms in total.